The van der Waals surface area contributed by atoms with E-state index < -0.39 is 11.6 Å². The number of anilines is 1. The number of aromatic nitrogens is 1. The van der Waals surface area contributed by atoms with Gasteiger partial charge in [0.1, 0.15) is 11.3 Å². The Hall–Kier alpha value is -2.65. The zero-order valence-electron chi connectivity index (χ0n) is 18.4. The maximum Gasteiger partial charge on any atom is 0.233 e. The van der Waals surface area contributed by atoms with Crippen LogP contribution >= 0.6 is 23.7 Å². The summed E-state index contributed by atoms with van der Waals surface area (Å²) < 4.78 is 33.8. The van der Waals surface area contributed by atoms with E-state index in [1.54, 1.807) is 4.90 Å². The van der Waals surface area contributed by atoms with Gasteiger partial charge in [0.15, 0.2) is 10.9 Å². The molecule has 0 saturated carbocycles. The topological polar surface area (TPSA) is 45.7 Å². The zero-order valence-corrected chi connectivity index (χ0v) is 20.0. The average Bonchev–Trinajstić information content (AvgIpc) is 3.24. The summed E-state index contributed by atoms with van der Waals surface area (Å²) in [6, 6.07) is 15.9. The minimum atomic E-state index is -0.720. The van der Waals surface area contributed by atoms with Crippen molar-refractivity contribution in [3.63, 3.8) is 0 Å². The van der Waals surface area contributed by atoms with Gasteiger partial charge in [-0.25, -0.2) is 13.8 Å². The summed E-state index contributed by atoms with van der Waals surface area (Å²) in [7, 11) is 0. The Labute approximate surface area is 206 Å². The number of ether oxygens (including phenoxy) is 1. The molecule has 34 heavy (non-hydrogen) atoms. The number of thiazole rings is 1. The number of carbonyl (C=O) groups excluding carboxylic acids is 1. The third kappa shape index (κ3) is 5.20. The number of hydrogen-bond donors (Lipinski definition) is 0. The van der Waals surface area contributed by atoms with Crippen LogP contribution in [0.5, 0.6) is 0 Å². The minimum absolute atomic E-state index is 0. The molecule has 0 aliphatic carbocycles. The van der Waals surface area contributed by atoms with E-state index in [2.05, 4.69) is 9.88 Å². The molecule has 9 heteroatoms. The number of nitrogens with zero attached hydrogens (tertiary/aromatic N) is 3. The molecule has 1 aliphatic rings. The van der Waals surface area contributed by atoms with Crippen molar-refractivity contribution in [2.45, 2.75) is 6.42 Å². The number of morpholine rings is 1. The van der Waals surface area contributed by atoms with Crippen LogP contribution in [-0.2, 0) is 16.0 Å². The molecule has 0 N–H and O–H groups in total. The SMILES string of the molecule is Cl.O=C(Cc1cccc2ccccc12)N(CCN1CCOCC1)c1nc2c(F)cc(F)cc2s1. The van der Waals surface area contributed by atoms with Crippen LogP contribution in [0.2, 0.25) is 0 Å². The summed E-state index contributed by atoms with van der Waals surface area (Å²) in [5.41, 5.74) is 1.01. The van der Waals surface area contributed by atoms with Crippen LogP contribution in [0.3, 0.4) is 0 Å². The second kappa shape index (κ2) is 10.7. The van der Waals surface area contributed by atoms with Gasteiger partial charge in [-0.2, -0.15) is 0 Å². The fraction of sp³-hybridized carbons (Fsp3) is 0.280. The van der Waals surface area contributed by atoms with Crippen molar-refractivity contribution >= 4 is 55.8 Å². The first kappa shape index (κ1) is 24.5. The molecule has 1 aromatic heterocycles. The highest BCUT2D eigenvalue weighted by molar-refractivity contribution is 7.22. The van der Waals surface area contributed by atoms with Gasteiger partial charge in [-0.3, -0.25) is 14.6 Å². The predicted molar refractivity (Wildman–Crippen MR) is 134 cm³/mol. The molecule has 4 aromatic rings. The number of halogens is 3. The molecule has 1 aliphatic heterocycles. The lowest BCUT2D eigenvalue weighted by atomic mass is 10.0. The second-order valence-corrected chi connectivity index (χ2v) is 9.05. The molecule has 0 unspecified atom stereocenters. The minimum Gasteiger partial charge on any atom is -0.379 e. The van der Waals surface area contributed by atoms with E-state index in [-0.39, 0.29) is 30.3 Å². The lowest BCUT2D eigenvalue weighted by molar-refractivity contribution is -0.118. The summed E-state index contributed by atoms with van der Waals surface area (Å²) in [6.45, 7) is 3.98. The maximum absolute atomic E-state index is 14.3. The fourth-order valence-corrected chi connectivity index (χ4v) is 5.21. The van der Waals surface area contributed by atoms with E-state index >= 15 is 0 Å². The van der Waals surface area contributed by atoms with Crippen molar-refractivity contribution in [1.82, 2.24) is 9.88 Å². The monoisotopic (exact) mass is 503 g/mol. The van der Waals surface area contributed by atoms with Gasteiger partial charge >= 0.3 is 0 Å². The average molecular weight is 504 g/mol. The smallest absolute Gasteiger partial charge is 0.233 e. The fourth-order valence-electron chi connectivity index (χ4n) is 4.16. The third-order valence-corrected chi connectivity index (χ3v) is 6.92. The zero-order chi connectivity index (χ0) is 22.8. The highest BCUT2D eigenvalue weighted by Crippen LogP contribution is 2.32. The predicted octanol–water partition coefficient (Wildman–Crippen LogP) is 5.06. The largest absolute Gasteiger partial charge is 0.379 e. The Morgan fingerprint density at radius 1 is 1.09 bits per heavy atom. The quantitative estimate of drug-likeness (QED) is 0.369. The van der Waals surface area contributed by atoms with E-state index in [9.17, 15) is 13.6 Å². The highest BCUT2D eigenvalue weighted by Gasteiger charge is 2.23. The molecule has 5 rings (SSSR count). The number of fused-ring (bicyclic) bond motifs is 2. The standard InChI is InChI=1S/C25H23F2N3O2S.ClH/c26-19-15-21(27)24-22(16-19)33-25(28-24)30(9-8-29-10-12-32-13-11-29)23(31)14-18-6-3-5-17-4-1-2-7-20(17)18;/h1-7,15-16H,8-14H2;1H. The summed E-state index contributed by atoms with van der Waals surface area (Å²) in [5.74, 6) is -1.50. The van der Waals surface area contributed by atoms with Gasteiger partial charge in [-0.05, 0) is 22.4 Å². The maximum atomic E-state index is 14.3. The van der Waals surface area contributed by atoms with Crippen molar-refractivity contribution in [3.05, 3.63) is 71.8 Å². The molecule has 2 heterocycles. The third-order valence-electron chi connectivity index (χ3n) is 5.90. The highest BCUT2D eigenvalue weighted by atomic mass is 35.5. The van der Waals surface area contributed by atoms with Crippen LogP contribution in [-0.4, -0.2) is 55.2 Å². The lowest BCUT2D eigenvalue weighted by Gasteiger charge is -2.29. The van der Waals surface area contributed by atoms with Gasteiger partial charge in [-0.1, -0.05) is 53.8 Å². The first-order valence-electron chi connectivity index (χ1n) is 10.9. The van der Waals surface area contributed by atoms with E-state index in [4.69, 9.17) is 4.74 Å². The van der Waals surface area contributed by atoms with Crippen molar-refractivity contribution in [2.75, 3.05) is 44.3 Å². The van der Waals surface area contributed by atoms with Crippen LogP contribution in [0, 0.1) is 11.6 Å². The Bertz CT molecular complexity index is 1300. The van der Waals surface area contributed by atoms with E-state index in [0.29, 0.717) is 36.1 Å². The van der Waals surface area contributed by atoms with Gasteiger partial charge in [0, 0.05) is 32.2 Å². The molecular formula is C25H24ClF2N3O2S. The number of amides is 1. The van der Waals surface area contributed by atoms with Gasteiger partial charge in [0.05, 0.1) is 24.3 Å². The number of hydrogen-bond acceptors (Lipinski definition) is 5. The van der Waals surface area contributed by atoms with Gasteiger partial charge in [0.25, 0.3) is 0 Å². The molecular weight excluding hydrogens is 480 g/mol. The second-order valence-electron chi connectivity index (χ2n) is 8.05. The molecule has 0 atom stereocenters. The van der Waals surface area contributed by atoms with E-state index in [1.807, 2.05) is 42.5 Å². The van der Waals surface area contributed by atoms with Crippen molar-refractivity contribution in [2.24, 2.45) is 0 Å². The molecule has 0 bridgehead atoms. The van der Waals surface area contributed by atoms with Crippen LogP contribution in [0.25, 0.3) is 21.0 Å². The Balaban J connectivity index is 0.00000274. The van der Waals surface area contributed by atoms with E-state index in [1.165, 1.54) is 6.07 Å². The van der Waals surface area contributed by atoms with Crippen LogP contribution in [0.4, 0.5) is 13.9 Å². The molecule has 5 nitrogen and oxygen atoms in total. The number of carbonyl (C=O) groups is 1. The van der Waals surface area contributed by atoms with Crippen LogP contribution in [0.1, 0.15) is 5.56 Å². The van der Waals surface area contributed by atoms with Gasteiger partial charge < -0.3 is 4.74 Å². The lowest BCUT2D eigenvalue weighted by Crippen LogP contribution is -2.43. The van der Waals surface area contributed by atoms with Crippen molar-refractivity contribution in [3.8, 4) is 0 Å². The summed E-state index contributed by atoms with van der Waals surface area (Å²) in [5, 5.41) is 2.48. The molecule has 0 spiro atoms. The first-order valence-corrected chi connectivity index (χ1v) is 11.7. The van der Waals surface area contributed by atoms with Crippen LogP contribution in [0.15, 0.2) is 54.6 Å². The van der Waals surface area contributed by atoms with E-state index in [0.717, 1.165) is 46.8 Å². The summed E-state index contributed by atoms with van der Waals surface area (Å²) in [6.07, 6.45) is 0.192. The van der Waals surface area contributed by atoms with Crippen LogP contribution < -0.4 is 4.90 Å². The normalized spacial score (nSPS) is 14.3. The Kier molecular flexibility index (Phi) is 7.73. The molecule has 178 valence electrons. The van der Waals surface area contributed by atoms with Gasteiger partial charge in [0.2, 0.25) is 5.91 Å². The van der Waals surface area contributed by atoms with Crippen molar-refractivity contribution < 1.29 is 18.3 Å². The molecule has 1 amide bonds. The molecule has 1 fully saturated rings. The number of benzene rings is 3. The summed E-state index contributed by atoms with van der Waals surface area (Å²) in [4.78, 5) is 21.8. The molecule has 3 aromatic carbocycles. The summed E-state index contributed by atoms with van der Waals surface area (Å²) >= 11 is 1.13. The molecule has 0 radical (unpaired) electrons. The Morgan fingerprint density at radius 3 is 2.68 bits per heavy atom. The first-order chi connectivity index (χ1) is 16.1. The molecule has 1 saturated heterocycles. The van der Waals surface area contributed by atoms with Gasteiger partial charge in [-0.15, -0.1) is 12.4 Å². The van der Waals surface area contributed by atoms with Crippen molar-refractivity contribution in [1.29, 1.82) is 0 Å². The number of rotatable bonds is 6. The Morgan fingerprint density at radius 2 is 1.85 bits per heavy atom.